The zero-order valence-corrected chi connectivity index (χ0v) is 23.6. The maximum atomic E-state index is 10.6. The van der Waals surface area contributed by atoms with Crippen LogP contribution in [0.5, 0.6) is 0 Å². The highest BCUT2D eigenvalue weighted by molar-refractivity contribution is 4.94. The number of hydrogen-bond donors (Lipinski definition) is 7. The number of unbranched alkanes of at least 4 members (excludes halogenated alkanes) is 13. The van der Waals surface area contributed by atoms with E-state index < -0.39 is 74.6 Å². The van der Waals surface area contributed by atoms with Crippen molar-refractivity contribution < 1.29 is 54.7 Å². The van der Waals surface area contributed by atoms with Gasteiger partial charge < -0.3 is 54.7 Å². The molecule has 4 unspecified atom stereocenters. The topological polar surface area (TPSA) is 179 Å². The van der Waals surface area contributed by atoms with E-state index in [2.05, 4.69) is 6.92 Å². The molecule has 2 heterocycles. The van der Waals surface area contributed by atoms with Crippen LogP contribution < -0.4 is 0 Å². The number of aliphatic hydroxyl groups excluding tert-OH is 7. The first kappa shape index (κ1) is 34.8. The molecule has 11 heteroatoms. The largest absolute Gasteiger partial charge is 0.394 e. The monoisotopic (exact) mass is 566 g/mol. The van der Waals surface area contributed by atoms with E-state index in [1.807, 2.05) is 0 Å². The number of aliphatic hydroxyl groups is 7. The average Bonchev–Trinajstić information content (AvgIpc) is 2.94. The van der Waals surface area contributed by atoms with Gasteiger partial charge in [-0.25, -0.2) is 0 Å². The highest BCUT2D eigenvalue weighted by Gasteiger charge is 2.50. The van der Waals surface area contributed by atoms with Gasteiger partial charge in [-0.05, 0) is 6.42 Å². The molecule has 2 aliphatic rings. The summed E-state index contributed by atoms with van der Waals surface area (Å²) in [6.45, 7) is 1.34. The fraction of sp³-hybridized carbons (Fsp3) is 1.00. The van der Waals surface area contributed by atoms with Crippen molar-refractivity contribution in [2.75, 3.05) is 19.8 Å². The molecular formula is C28H54O11. The van der Waals surface area contributed by atoms with Gasteiger partial charge >= 0.3 is 0 Å². The number of rotatable bonds is 20. The Bertz CT molecular complexity index is 608. The van der Waals surface area contributed by atoms with E-state index in [-0.39, 0.29) is 0 Å². The minimum Gasteiger partial charge on any atom is -0.394 e. The van der Waals surface area contributed by atoms with Gasteiger partial charge in [0.05, 0.1) is 13.2 Å². The van der Waals surface area contributed by atoms with Gasteiger partial charge in [-0.3, -0.25) is 0 Å². The standard InChI is InChI=1S/C28H54O11/c1-2-3-4-5-6-7-8-9-10-11-12-13-14-15-16-36-27-25(35)23(33)26(20(18-30)38-27)39-28-24(34)22(32)21(31)19(17-29)37-28/h19-35H,2-18H2,1H3/t19?,20?,21-,22+,23-,24?,25?,26-,27-,28-/m1/s1. The van der Waals surface area contributed by atoms with Crippen LogP contribution in [0.3, 0.4) is 0 Å². The molecule has 0 aromatic rings. The summed E-state index contributed by atoms with van der Waals surface area (Å²) < 4.78 is 22.1. The lowest BCUT2D eigenvalue weighted by Gasteiger charge is -2.45. The van der Waals surface area contributed by atoms with Crippen LogP contribution in [0.2, 0.25) is 0 Å². The molecule has 0 aromatic heterocycles. The van der Waals surface area contributed by atoms with Crippen molar-refractivity contribution in [2.45, 2.75) is 158 Å². The fourth-order valence-corrected chi connectivity index (χ4v) is 5.19. The molecule has 2 fully saturated rings. The maximum Gasteiger partial charge on any atom is 0.187 e. The third kappa shape index (κ3) is 11.4. The molecule has 2 rings (SSSR count). The van der Waals surface area contributed by atoms with Crippen LogP contribution in [0.25, 0.3) is 0 Å². The smallest absolute Gasteiger partial charge is 0.187 e. The molecule has 10 atom stereocenters. The van der Waals surface area contributed by atoms with Gasteiger partial charge in [0.25, 0.3) is 0 Å². The lowest BCUT2D eigenvalue weighted by atomic mass is 9.97. The van der Waals surface area contributed by atoms with E-state index in [1.54, 1.807) is 0 Å². The van der Waals surface area contributed by atoms with Crippen molar-refractivity contribution in [1.29, 1.82) is 0 Å². The SMILES string of the molecule is CCCCCCCCCCCCCCCCO[C@@H]1OC(CO)[C@@H](O[C@H]2OC(CO)[C@@H](O)[C@H](O)C2O)[C@H](O)C1O. The minimum atomic E-state index is -1.69. The Kier molecular flexibility index (Phi) is 17.5. The molecule has 0 radical (unpaired) electrons. The van der Waals surface area contributed by atoms with E-state index in [0.717, 1.165) is 19.3 Å². The highest BCUT2D eigenvalue weighted by atomic mass is 16.7. The van der Waals surface area contributed by atoms with Crippen LogP contribution in [-0.4, -0.2) is 117 Å². The quantitative estimate of drug-likeness (QED) is 0.105. The molecule has 232 valence electrons. The predicted octanol–water partition coefficient (Wildman–Crippen LogP) is 1.11. The Morgan fingerprint density at radius 3 is 1.49 bits per heavy atom. The van der Waals surface area contributed by atoms with Crippen molar-refractivity contribution in [3.63, 3.8) is 0 Å². The summed E-state index contributed by atoms with van der Waals surface area (Å²) in [7, 11) is 0. The van der Waals surface area contributed by atoms with Gasteiger partial charge in [0, 0.05) is 6.61 Å². The van der Waals surface area contributed by atoms with Gasteiger partial charge in [-0.2, -0.15) is 0 Å². The number of ether oxygens (including phenoxy) is 4. The summed E-state index contributed by atoms with van der Waals surface area (Å²) in [5, 5.41) is 70.4. The van der Waals surface area contributed by atoms with Crippen LogP contribution in [0.4, 0.5) is 0 Å². The van der Waals surface area contributed by atoms with Crippen molar-refractivity contribution in [3.8, 4) is 0 Å². The summed E-state index contributed by atoms with van der Waals surface area (Å²) >= 11 is 0. The van der Waals surface area contributed by atoms with E-state index in [4.69, 9.17) is 18.9 Å². The minimum absolute atomic E-state index is 0.322. The summed E-state index contributed by atoms with van der Waals surface area (Å²) in [4.78, 5) is 0. The van der Waals surface area contributed by atoms with Gasteiger partial charge in [-0.1, -0.05) is 90.4 Å². The Morgan fingerprint density at radius 2 is 0.974 bits per heavy atom. The van der Waals surface area contributed by atoms with Crippen LogP contribution >= 0.6 is 0 Å². The first-order chi connectivity index (χ1) is 18.8. The van der Waals surface area contributed by atoms with Crippen LogP contribution in [0.15, 0.2) is 0 Å². The second-order valence-electron chi connectivity index (χ2n) is 11.0. The molecule has 11 nitrogen and oxygen atoms in total. The lowest BCUT2D eigenvalue weighted by Crippen LogP contribution is -2.64. The zero-order valence-electron chi connectivity index (χ0n) is 23.6. The molecule has 2 aliphatic heterocycles. The van der Waals surface area contributed by atoms with Gasteiger partial charge in [-0.15, -0.1) is 0 Å². The first-order valence-corrected chi connectivity index (χ1v) is 15.1. The van der Waals surface area contributed by atoms with Crippen molar-refractivity contribution in [3.05, 3.63) is 0 Å². The average molecular weight is 567 g/mol. The van der Waals surface area contributed by atoms with Gasteiger partial charge in [0.1, 0.15) is 48.8 Å². The molecule has 39 heavy (non-hydrogen) atoms. The van der Waals surface area contributed by atoms with E-state index in [0.29, 0.717) is 6.61 Å². The van der Waals surface area contributed by atoms with Gasteiger partial charge in [0.15, 0.2) is 12.6 Å². The maximum absolute atomic E-state index is 10.6. The molecule has 0 amide bonds. The van der Waals surface area contributed by atoms with E-state index in [1.165, 1.54) is 70.6 Å². The van der Waals surface area contributed by atoms with Gasteiger partial charge in [0.2, 0.25) is 0 Å². The van der Waals surface area contributed by atoms with Crippen LogP contribution in [-0.2, 0) is 18.9 Å². The zero-order chi connectivity index (χ0) is 28.6. The lowest BCUT2D eigenvalue weighted by molar-refractivity contribution is -0.359. The van der Waals surface area contributed by atoms with E-state index >= 15 is 0 Å². The number of hydrogen-bond acceptors (Lipinski definition) is 11. The second kappa shape index (κ2) is 19.6. The van der Waals surface area contributed by atoms with Crippen LogP contribution in [0.1, 0.15) is 96.8 Å². The Hall–Kier alpha value is -0.440. The Balaban J connectivity index is 1.62. The summed E-state index contributed by atoms with van der Waals surface area (Å²) in [6.07, 6.45) is 2.97. The molecule has 2 saturated heterocycles. The summed E-state index contributed by atoms with van der Waals surface area (Å²) in [5.74, 6) is 0. The molecule has 0 spiro atoms. The third-order valence-corrected chi connectivity index (χ3v) is 7.74. The fourth-order valence-electron chi connectivity index (χ4n) is 5.19. The van der Waals surface area contributed by atoms with Crippen molar-refractivity contribution in [1.82, 2.24) is 0 Å². The third-order valence-electron chi connectivity index (χ3n) is 7.74. The van der Waals surface area contributed by atoms with E-state index in [9.17, 15) is 35.7 Å². The van der Waals surface area contributed by atoms with Crippen molar-refractivity contribution >= 4 is 0 Å². The summed E-state index contributed by atoms with van der Waals surface area (Å²) in [6, 6.07) is 0. The Labute approximate surface area is 233 Å². The second-order valence-corrected chi connectivity index (χ2v) is 11.0. The molecule has 0 aromatic carbocycles. The first-order valence-electron chi connectivity index (χ1n) is 15.1. The normalized spacial score (nSPS) is 35.4. The molecule has 7 N–H and O–H groups in total. The highest BCUT2D eigenvalue weighted by Crippen LogP contribution is 2.29. The molecule has 0 aliphatic carbocycles. The molecule has 0 bridgehead atoms. The Morgan fingerprint density at radius 1 is 0.513 bits per heavy atom. The molecular weight excluding hydrogens is 512 g/mol. The molecule has 0 saturated carbocycles. The summed E-state index contributed by atoms with van der Waals surface area (Å²) in [5.41, 5.74) is 0. The van der Waals surface area contributed by atoms with Crippen molar-refractivity contribution in [2.24, 2.45) is 0 Å². The predicted molar refractivity (Wildman–Crippen MR) is 143 cm³/mol. The van der Waals surface area contributed by atoms with Crippen LogP contribution in [0, 0.1) is 0 Å².